The van der Waals surface area contributed by atoms with E-state index in [0.29, 0.717) is 11.8 Å². The number of benzene rings is 1. The second-order valence-corrected chi connectivity index (χ2v) is 13.4. The number of carbonyl (C=O) groups is 1. The van der Waals surface area contributed by atoms with E-state index in [1.165, 1.54) is 62.5 Å². The number of fused-ring (bicyclic) bond motifs is 5. The highest BCUT2D eigenvalue weighted by Gasteiger charge is 2.40. The summed E-state index contributed by atoms with van der Waals surface area (Å²) in [5.74, 6) is 3.47. The molecule has 0 saturated heterocycles. The lowest BCUT2D eigenvalue weighted by molar-refractivity contribution is -0.159. The topological polar surface area (TPSA) is 55.8 Å². The Morgan fingerprint density at radius 2 is 1.91 bits per heavy atom. The van der Waals surface area contributed by atoms with Crippen LogP contribution in [0.4, 0.5) is 0 Å². The summed E-state index contributed by atoms with van der Waals surface area (Å²) in [6, 6.07) is 6.38. The van der Waals surface area contributed by atoms with Crippen LogP contribution < -0.4 is 4.74 Å². The molecule has 5 aliphatic rings. The molecule has 0 heterocycles. The van der Waals surface area contributed by atoms with Gasteiger partial charge in [0.05, 0.1) is 6.10 Å². The quantitative estimate of drug-likeness (QED) is 0.220. The summed E-state index contributed by atoms with van der Waals surface area (Å²) in [6.07, 6.45) is 16.5. The van der Waals surface area contributed by atoms with Gasteiger partial charge in [0.25, 0.3) is 0 Å². The van der Waals surface area contributed by atoms with E-state index in [0.717, 1.165) is 70.1 Å². The van der Waals surface area contributed by atoms with Crippen LogP contribution in [0.3, 0.4) is 0 Å². The maximum atomic E-state index is 12.6. The van der Waals surface area contributed by atoms with Crippen LogP contribution in [0.1, 0.15) is 88.7 Å². The van der Waals surface area contributed by atoms with Crippen molar-refractivity contribution in [3.63, 3.8) is 0 Å². The average Bonchev–Trinajstić information content (AvgIpc) is 3.27. The van der Waals surface area contributed by atoms with E-state index in [2.05, 4.69) is 19.1 Å². The van der Waals surface area contributed by atoms with E-state index in [4.69, 9.17) is 9.47 Å². The zero-order valence-electron chi connectivity index (χ0n) is 21.6. The molecule has 1 aromatic carbocycles. The number of rotatable bonds is 11. The maximum absolute atomic E-state index is 12.6. The van der Waals surface area contributed by atoms with Gasteiger partial charge in [-0.25, -0.2) is 4.79 Å². The van der Waals surface area contributed by atoms with Crippen LogP contribution in [0.25, 0.3) is 0 Å². The second kappa shape index (κ2) is 12.0. The van der Waals surface area contributed by atoms with E-state index in [1.54, 1.807) is 0 Å². The molecule has 5 aliphatic carbocycles. The number of hydrogen-bond acceptors (Lipinski definition) is 4. The van der Waals surface area contributed by atoms with E-state index in [1.807, 2.05) is 6.07 Å². The van der Waals surface area contributed by atoms with Gasteiger partial charge in [-0.1, -0.05) is 38.3 Å². The van der Waals surface area contributed by atoms with Gasteiger partial charge in [-0.05, 0) is 117 Å². The van der Waals surface area contributed by atoms with Gasteiger partial charge in [-0.3, -0.25) is 0 Å². The van der Waals surface area contributed by atoms with Gasteiger partial charge in [0.15, 0.2) is 6.61 Å². The zero-order chi connectivity index (χ0) is 24.2. The summed E-state index contributed by atoms with van der Waals surface area (Å²) in [7, 11) is 0.879. The molecule has 6 rings (SSSR count). The largest absolute Gasteiger partial charge is 0.482 e. The van der Waals surface area contributed by atoms with Crippen LogP contribution in [-0.4, -0.2) is 41.7 Å². The third-order valence-electron chi connectivity index (χ3n) is 9.49. The first-order valence-electron chi connectivity index (χ1n) is 14.4. The highest BCUT2D eigenvalue weighted by Crippen LogP contribution is 2.50. The summed E-state index contributed by atoms with van der Waals surface area (Å²) in [5, 5.41) is 10.4. The summed E-state index contributed by atoms with van der Waals surface area (Å²) < 4.78 is 12.0. The van der Waals surface area contributed by atoms with Gasteiger partial charge in [-0.2, -0.15) is 0 Å². The van der Waals surface area contributed by atoms with Crippen LogP contribution in [0.2, 0.25) is 0 Å². The Kier molecular flexibility index (Phi) is 8.72. The Morgan fingerprint density at radius 1 is 1.09 bits per heavy atom. The normalized spacial score (nSPS) is 32.4. The minimum atomic E-state index is -0.200. The molecule has 6 unspecified atom stereocenters. The number of ether oxygens (including phenoxy) is 2. The molecular weight excluding hydrogens is 455 g/mol. The van der Waals surface area contributed by atoms with Crippen molar-refractivity contribution in [1.29, 1.82) is 0 Å². The van der Waals surface area contributed by atoms with Crippen LogP contribution >= 0.6 is 8.58 Å². The van der Waals surface area contributed by atoms with Gasteiger partial charge in [0.1, 0.15) is 11.9 Å². The predicted octanol–water partition coefficient (Wildman–Crippen LogP) is 6.30. The molecule has 0 aromatic heterocycles. The molecule has 2 bridgehead atoms. The van der Waals surface area contributed by atoms with Crippen molar-refractivity contribution in [2.75, 3.05) is 12.8 Å². The van der Waals surface area contributed by atoms with Gasteiger partial charge < -0.3 is 14.6 Å². The monoisotopic (exact) mass is 500 g/mol. The molecule has 194 valence electrons. The van der Waals surface area contributed by atoms with Crippen molar-refractivity contribution in [1.82, 2.24) is 0 Å². The Morgan fingerprint density at radius 3 is 2.69 bits per heavy atom. The van der Waals surface area contributed by atoms with Gasteiger partial charge in [0.2, 0.25) is 0 Å². The summed E-state index contributed by atoms with van der Waals surface area (Å²) in [5.41, 5.74) is 3.49. The molecule has 4 fully saturated rings. The second-order valence-electron chi connectivity index (χ2n) is 11.8. The van der Waals surface area contributed by atoms with Crippen molar-refractivity contribution in [2.45, 2.75) is 108 Å². The number of unbranched alkanes of at least 4 members (excludes halogenated alkanes) is 2. The summed E-state index contributed by atoms with van der Waals surface area (Å²) in [6.45, 7) is 2.24. The van der Waals surface area contributed by atoms with Crippen LogP contribution in [0.5, 0.6) is 5.75 Å². The highest BCUT2D eigenvalue weighted by atomic mass is 31.1. The lowest BCUT2D eigenvalue weighted by Crippen LogP contribution is -2.39. The van der Waals surface area contributed by atoms with Crippen molar-refractivity contribution >= 4 is 14.6 Å². The molecule has 0 aliphatic heterocycles. The Labute approximate surface area is 213 Å². The number of aliphatic hydroxyl groups excluding tert-OH is 1. The molecular formula is C30H45O4P. The molecule has 0 amide bonds. The molecule has 4 saturated carbocycles. The summed E-state index contributed by atoms with van der Waals surface area (Å²) in [4.78, 5) is 12.6. The average molecular weight is 501 g/mol. The zero-order valence-corrected chi connectivity index (χ0v) is 22.6. The SMILES string of the molecule is CCCCCC(O)CPC1CCC2Cc3c(cccc3OCC(=O)OC3CC4CCC3CC4)CC21. The van der Waals surface area contributed by atoms with Crippen LogP contribution in [0, 0.1) is 23.7 Å². The number of aliphatic hydroxyl groups is 1. The fourth-order valence-corrected chi connectivity index (χ4v) is 9.31. The molecule has 6 atom stereocenters. The molecule has 4 nitrogen and oxygen atoms in total. The lowest BCUT2D eigenvalue weighted by atomic mass is 9.69. The smallest absolute Gasteiger partial charge is 0.344 e. The summed E-state index contributed by atoms with van der Waals surface area (Å²) >= 11 is 0. The third kappa shape index (κ3) is 6.24. The molecule has 0 radical (unpaired) electrons. The fourth-order valence-electron chi connectivity index (χ4n) is 7.47. The Hall–Kier alpha value is -1.12. The van der Waals surface area contributed by atoms with E-state index < -0.39 is 0 Å². The molecule has 0 spiro atoms. The Bertz CT molecular complexity index is 849. The molecule has 35 heavy (non-hydrogen) atoms. The predicted molar refractivity (Wildman–Crippen MR) is 143 cm³/mol. The molecule has 5 heteroatoms. The Balaban J connectivity index is 1.12. The van der Waals surface area contributed by atoms with Gasteiger partial charge >= 0.3 is 5.97 Å². The van der Waals surface area contributed by atoms with Crippen LogP contribution in [0.15, 0.2) is 18.2 Å². The van der Waals surface area contributed by atoms with Crippen molar-refractivity contribution < 1.29 is 19.4 Å². The van der Waals surface area contributed by atoms with E-state index in [-0.39, 0.29) is 24.8 Å². The number of hydrogen-bond donors (Lipinski definition) is 1. The molecule has 1 aromatic rings. The van der Waals surface area contributed by atoms with E-state index in [9.17, 15) is 9.90 Å². The van der Waals surface area contributed by atoms with Crippen LogP contribution in [-0.2, 0) is 22.4 Å². The minimum absolute atomic E-state index is 0.0262. The molecule has 1 N–H and O–H groups in total. The van der Waals surface area contributed by atoms with Gasteiger partial charge in [-0.15, -0.1) is 8.58 Å². The van der Waals surface area contributed by atoms with Crippen molar-refractivity contribution in [3.05, 3.63) is 29.3 Å². The first-order chi connectivity index (χ1) is 17.1. The van der Waals surface area contributed by atoms with Crippen molar-refractivity contribution in [3.8, 4) is 5.75 Å². The number of carbonyl (C=O) groups excluding carboxylic acids is 1. The van der Waals surface area contributed by atoms with E-state index >= 15 is 0 Å². The van der Waals surface area contributed by atoms with Crippen molar-refractivity contribution in [2.24, 2.45) is 23.7 Å². The maximum Gasteiger partial charge on any atom is 0.344 e. The van der Waals surface area contributed by atoms with Gasteiger partial charge in [0, 0.05) is 0 Å². The standard InChI is InChI=1S/C30H45O4P/c1-2-3-4-7-24(31)19-35-29-14-13-23-16-25-22(17-26(23)29)6-5-8-27(25)33-18-30(32)34-28-15-20-9-11-21(28)12-10-20/h5-6,8,20-21,23-24,26,28-29,31,35H,2-4,7,9-19H2,1H3. The number of esters is 1. The third-order valence-corrected chi connectivity index (χ3v) is 11.4. The highest BCUT2D eigenvalue weighted by molar-refractivity contribution is 7.39. The first-order valence-corrected chi connectivity index (χ1v) is 15.7. The lowest BCUT2D eigenvalue weighted by Gasteiger charge is -2.41. The minimum Gasteiger partial charge on any atom is -0.482 e. The fraction of sp³-hybridized carbons (Fsp3) is 0.767. The first kappa shape index (κ1) is 25.5.